The van der Waals surface area contributed by atoms with E-state index in [2.05, 4.69) is 19.2 Å². The highest BCUT2D eigenvalue weighted by Gasteiger charge is 2.32. The van der Waals surface area contributed by atoms with Crippen LogP contribution in [0.3, 0.4) is 0 Å². The van der Waals surface area contributed by atoms with Crippen molar-refractivity contribution >= 4 is 5.91 Å². The molecular formula is C16H21NO3. The van der Waals surface area contributed by atoms with Gasteiger partial charge in [-0.2, -0.15) is 0 Å². The zero-order valence-corrected chi connectivity index (χ0v) is 12.1. The van der Waals surface area contributed by atoms with Crippen molar-refractivity contribution in [3.8, 4) is 11.5 Å². The zero-order chi connectivity index (χ0) is 14.2. The van der Waals surface area contributed by atoms with Gasteiger partial charge in [-0.3, -0.25) is 4.79 Å². The van der Waals surface area contributed by atoms with Crippen LogP contribution in [0.2, 0.25) is 0 Å². The van der Waals surface area contributed by atoms with Gasteiger partial charge in [0.25, 0.3) is 5.91 Å². The molecule has 1 fully saturated rings. The van der Waals surface area contributed by atoms with Gasteiger partial charge in [-0.25, -0.2) is 0 Å². The highest BCUT2D eigenvalue weighted by Crippen LogP contribution is 2.36. The Balaban J connectivity index is 1.75. The third kappa shape index (κ3) is 2.47. The Labute approximate surface area is 119 Å². The van der Waals surface area contributed by atoms with E-state index >= 15 is 0 Å². The Morgan fingerprint density at radius 2 is 2.05 bits per heavy atom. The molecule has 0 radical (unpaired) electrons. The molecule has 0 atom stereocenters. The number of hydrogen-bond acceptors (Lipinski definition) is 3. The molecule has 108 valence electrons. The van der Waals surface area contributed by atoms with Gasteiger partial charge in [0.2, 0.25) is 6.79 Å². The van der Waals surface area contributed by atoms with Gasteiger partial charge in [0.1, 0.15) is 0 Å². The van der Waals surface area contributed by atoms with Crippen LogP contribution in [0.25, 0.3) is 0 Å². The van der Waals surface area contributed by atoms with Crippen molar-refractivity contribution < 1.29 is 14.3 Å². The van der Waals surface area contributed by atoms with E-state index in [4.69, 9.17) is 9.47 Å². The zero-order valence-electron chi connectivity index (χ0n) is 12.1. The summed E-state index contributed by atoms with van der Waals surface area (Å²) in [5.41, 5.74) is 0.464. The lowest BCUT2D eigenvalue weighted by Gasteiger charge is -2.37. The van der Waals surface area contributed by atoms with Gasteiger partial charge in [0.15, 0.2) is 11.5 Å². The summed E-state index contributed by atoms with van der Waals surface area (Å²) in [7, 11) is 0. The molecule has 1 aromatic rings. The molecular weight excluding hydrogens is 254 g/mol. The maximum atomic E-state index is 12.5. The maximum Gasteiger partial charge on any atom is 0.255 e. The van der Waals surface area contributed by atoms with Crippen molar-refractivity contribution in [1.82, 2.24) is 5.32 Å². The molecule has 1 amide bonds. The molecule has 3 rings (SSSR count). The molecule has 1 saturated carbocycles. The first-order valence-corrected chi connectivity index (χ1v) is 7.28. The minimum absolute atomic E-state index is 0.0654. The molecule has 1 aromatic carbocycles. The Bertz CT molecular complexity index is 518. The summed E-state index contributed by atoms with van der Waals surface area (Å²) in [6, 6.07) is 5.44. The van der Waals surface area contributed by atoms with Crippen LogP contribution in [0.4, 0.5) is 0 Å². The molecule has 2 aliphatic rings. The summed E-state index contributed by atoms with van der Waals surface area (Å²) in [6.07, 6.45) is 4.41. The van der Waals surface area contributed by atoms with Gasteiger partial charge < -0.3 is 14.8 Å². The Hall–Kier alpha value is -1.71. The predicted octanol–water partition coefficient (Wildman–Crippen LogP) is 3.11. The Morgan fingerprint density at radius 3 is 2.80 bits per heavy atom. The first-order valence-electron chi connectivity index (χ1n) is 7.28. The molecule has 0 saturated heterocycles. The van der Waals surface area contributed by atoms with Gasteiger partial charge in [-0.1, -0.05) is 13.0 Å². The van der Waals surface area contributed by atoms with Gasteiger partial charge in [-0.15, -0.1) is 0 Å². The van der Waals surface area contributed by atoms with Crippen LogP contribution in [0, 0.1) is 5.92 Å². The second-order valence-corrected chi connectivity index (χ2v) is 6.24. The number of fused-ring (bicyclic) bond motifs is 1. The maximum absolute atomic E-state index is 12.5. The number of para-hydroxylation sites is 1. The lowest BCUT2D eigenvalue weighted by molar-refractivity contribution is 0.0865. The number of ether oxygens (including phenoxy) is 2. The van der Waals surface area contributed by atoms with Crippen LogP contribution in [-0.4, -0.2) is 18.2 Å². The van der Waals surface area contributed by atoms with Crippen LogP contribution in [-0.2, 0) is 0 Å². The summed E-state index contributed by atoms with van der Waals surface area (Å²) in [6.45, 7) is 4.60. The summed E-state index contributed by atoms with van der Waals surface area (Å²) >= 11 is 0. The van der Waals surface area contributed by atoms with Crippen LogP contribution in [0.5, 0.6) is 11.5 Å². The number of carbonyl (C=O) groups is 1. The first-order chi connectivity index (χ1) is 9.57. The van der Waals surface area contributed by atoms with E-state index in [-0.39, 0.29) is 18.2 Å². The molecule has 4 heteroatoms. The van der Waals surface area contributed by atoms with Crippen LogP contribution in [0.1, 0.15) is 49.9 Å². The number of rotatable bonds is 2. The van der Waals surface area contributed by atoms with Gasteiger partial charge in [0.05, 0.1) is 5.56 Å². The minimum atomic E-state index is -0.105. The molecule has 0 unspecified atom stereocenters. The van der Waals surface area contributed by atoms with Crippen molar-refractivity contribution in [1.29, 1.82) is 0 Å². The first kappa shape index (κ1) is 13.3. The van der Waals surface area contributed by atoms with E-state index in [0.717, 1.165) is 18.8 Å². The molecule has 0 aromatic heterocycles. The summed E-state index contributed by atoms with van der Waals surface area (Å²) in [4.78, 5) is 12.5. The van der Waals surface area contributed by atoms with Crippen molar-refractivity contribution in [3.63, 3.8) is 0 Å². The monoisotopic (exact) mass is 275 g/mol. The molecule has 20 heavy (non-hydrogen) atoms. The second-order valence-electron chi connectivity index (χ2n) is 6.24. The van der Waals surface area contributed by atoms with E-state index in [1.54, 1.807) is 6.07 Å². The average molecular weight is 275 g/mol. The normalized spacial score (nSPS) is 28.2. The molecule has 1 N–H and O–H groups in total. The van der Waals surface area contributed by atoms with Gasteiger partial charge >= 0.3 is 0 Å². The molecule has 1 aliphatic carbocycles. The molecule has 4 nitrogen and oxygen atoms in total. The summed E-state index contributed by atoms with van der Waals surface area (Å²) in [5.74, 6) is 1.92. The van der Waals surface area contributed by atoms with Crippen molar-refractivity contribution in [2.45, 2.75) is 45.1 Å². The Morgan fingerprint density at radius 1 is 1.30 bits per heavy atom. The lowest BCUT2D eigenvalue weighted by Crippen LogP contribution is -2.48. The van der Waals surface area contributed by atoms with Crippen LogP contribution in [0.15, 0.2) is 18.2 Å². The predicted molar refractivity (Wildman–Crippen MR) is 76.1 cm³/mol. The minimum Gasteiger partial charge on any atom is -0.454 e. The lowest BCUT2D eigenvalue weighted by atomic mass is 9.78. The van der Waals surface area contributed by atoms with E-state index in [9.17, 15) is 4.79 Å². The van der Waals surface area contributed by atoms with E-state index in [1.807, 2.05) is 12.1 Å². The van der Waals surface area contributed by atoms with Gasteiger partial charge in [-0.05, 0) is 50.7 Å². The second kappa shape index (κ2) is 5.00. The standard InChI is InChI=1S/C16H21NO3/c1-11-6-8-16(2,9-7-11)17-15(18)12-4-3-5-13-14(12)20-10-19-13/h3-5,11H,6-10H2,1-2H3,(H,17,18). The largest absolute Gasteiger partial charge is 0.454 e. The fraction of sp³-hybridized carbons (Fsp3) is 0.562. The van der Waals surface area contributed by atoms with Crippen LogP contribution >= 0.6 is 0 Å². The number of hydrogen-bond donors (Lipinski definition) is 1. The number of nitrogens with one attached hydrogen (secondary N) is 1. The van der Waals surface area contributed by atoms with Crippen LogP contribution < -0.4 is 14.8 Å². The number of carbonyl (C=O) groups excluding carboxylic acids is 1. The quantitative estimate of drug-likeness (QED) is 0.902. The fourth-order valence-electron chi connectivity index (χ4n) is 2.97. The van der Waals surface area contributed by atoms with E-state index in [1.165, 1.54) is 12.8 Å². The molecule has 1 aliphatic heterocycles. The number of benzene rings is 1. The summed E-state index contributed by atoms with van der Waals surface area (Å²) < 4.78 is 10.7. The smallest absolute Gasteiger partial charge is 0.255 e. The van der Waals surface area contributed by atoms with Gasteiger partial charge in [0, 0.05) is 5.54 Å². The third-order valence-corrected chi connectivity index (χ3v) is 4.43. The summed E-state index contributed by atoms with van der Waals surface area (Å²) in [5, 5.41) is 3.19. The SMILES string of the molecule is CC1CCC(C)(NC(=O)c2cccc3c2OCO3)CC1. The highest BCUT2D eigenvalue weighted by atomic mass is 16.7. The molecule has 0 spiro atoms. The van der Waals surface area contributed by atoms with E-state index in [0.29, 0.717) is 17.1 Å². The Kier molecular flexibility index (Phi) is 3.32. The molecule has 1 heterocycles. The van der Waals surface area contributed by atoms with Crippen molar-refractivity contribution in [3.05, 3.63) is 23.8 Å². The van der Waals surface area contributed by atoms with Crippen molar-refractivity contribution in [2.24, 2.45) is 5.92 Å². The number of amides is 1. The van der Waals surface area contributed by atoms with E-state index < -0.39 is 0 Å². The average Bonchev–Trinajstić information content (AvgIpc) is 2.90. The topological polar surface area (TPSA) is 47.6 Å². The fourth-order valence-corrected chi connectivity index (χ4v) is 2.97. The van der Waals surface area contributed by atoms with Crippen molar-refractivity contribution in [2.75, 3.05) is 6.79 Å². The highest BCUT2D eigenvalue weighted by molar-refractivity contribution is 5.98. The molecule has 0 bridgehead atoms. The third-order valence-electron chi connectivity index (χ3n) is 4.43.